The third-order valence-corrected chi connectivity index (χ3v) is 2.82. The van der Waals surface area contributed by atoms with E-state index in [1.807, 2.05) is 0 Å². The summed E-state index contributed by atoms with van der Waals surface area (Å²) in [5, 5.41) is 3.37. The van der Waals surface area contributed by atoms with Gasteiger partial charge in [0.25, 0.3) is 0 Å². The molecule has 0 aliphatic carbocycles. The molecular weight excluding hydrogens is 172 g/mol. The Morgan fingerprint density at radius 3 is 2.21 bits per heavy atom. The first-order chi connectivity index (χ1) is 6.63. The molecule has 0 aromatic heterocycles. The lowest BCUT2D eigenvalue weighted by Crippen LogP contribution is -2.38. The van der Waals surface area contributed by atoms with Crippen molar-refractivity contribution in [3.05, 3.63) is 0 Å². The van der Waals surface area contributed by atoms with Gasteiger partial charge in [0, 0.05) is 12.1 Å². The van der Waals surface area contributed by atoms with Crippen LogP contribution in [0.15, 0.2) is 0 Å². The second-order valence-electron chi connectivity index (χ2n) is 4.27. The number of nitrogens with zero attached hydrogens (tertiary/aromatic N) is 1. The predicted molar refractivity (Wildman–Crippen MR) is 64.8 cm³/mol. The highest BCUT2D eigenvalue weighted by molar-refractivity contribution is 4.69. The van der Waals surface area contributed by atoms with Gasteiger partial charge in [-0.2, -0.15) is 0 Å². The van der Waals surface area contributed by atoms with Crippen molar-refractivity contribution < 1.29 is 0 Å². The van der Waals surface area contributed by atoms with Gasteiger partial charge in [-0.15, -0.1) is 0 Å². The quantitative estimate of drug-likeness (QED) is 0.606. The normalized spacial score (nSPS) is 13.9. The molecule has 0 bridgehead atoms. The summed E-state index contributed by atoms with van der Waals surface area (Å²) < 4.78 is 0. The van der Waals surface area contributed by atoms with Crippen molar-refractivity contribution in [2.24, 2.45) is 0 Å². The van der Waals surface area contributed by atoms with Crippen LogP contribution in [0.2, 0.25) is 0 Å². The summed E-state index contributed by atoms with van der Waals surface area (Å²) in [6.07, 6.45) is 2.59. The van der Waals surface area contributed by atoms with Crippen LogP contribution in [0.25, 0.3) is 0 Å². The van der Waals surface area contributed by atoms with E-state index in [9.17, 15) is 0 Å². The number of hydrogen-bond acceptors (Lipinski definition) is 2. The Morgan fingerprint density at radius 1 is 1.14 bits per heavy atom. The van der Waals surface area contributed by atoms with Crippen molar-refractivity contribution in [3.63, 3.8) is 0 Å². The molecule has 0 rings (SSSR count). The van der Waals surface area contributed by atoms with Gasteiger partial charge in [-0.05, 0) is 53.2 Å². The lowest BCUT2D eigenvalue weighted by atomic mass is 10.1. The van der Waals surface area contributed by atoms with E-state index in [2.05, 4.69) is 44.8 Å². The van der Waals surface area contributed by atoms with E-state index in [4.69, 9.17) is 0 Å². The van der Waals surface area contributed by atoms with Crippen molar-refractivity contribution in [1.29, 1.82) is 0 Å². The van der Waals surface area contributed by atoms with Gasteiger partial charge in [0.2, 0.25) is 0 Å². The molecule has 0 aliphatic rings. The summed E-state index contributed by atoms with van der Waals surface area (Å²) in [6, 6.07) is 1.40. The predicted octanol–water partition coefficient (Wildman–Crippen LogP) is 2.49. The maximum Gasteiger partial charge on any atom is 0.00699 e. The molecule has 1 N–H and O–H groups in total. The van der Waals surface area contributed by atoms with Gasteiger partial charge in [0.1, 0.15) is 0 Å². The molecule has 1 unspecified atom stereocenters. The van der Waals surface area contributed by atoms with Crippen LogP contribution in [0, 0.1) is 0 Å². The molecule has 2 heteroatoms. The van der Waals surface area contributed by atoms with E-state index in [1.54, 1.807) is 0 Å². The fourth-order valence-corrected chi connectivity index (χ4v) is 2.05. The summed E-state index contributed by atoms with van der Waals surface area (Å²) in [5.74, 6) is 0. The lowest BCUT2D eigenvalue weighted by molar-refractivity contribution is 0.163. The first-order valence-corrected chi connectivity index (χ1v) is 6.09. The Kier molecular flexibility index (Phi) is 8.20. The van der Waals surface area contributed by atoms with E-state index < -0.39 is 0 Å². The Morgan fingerprint density at radius 2 is 1.79 bits per heavy atom. The van der Waals surface area contributed by atoms with Crippen LogP contribution in [0.4, 0.5) is 0 Å². The lowest BCUT2D eigenvalue weighted by Gasteiger charge is -2.31. The first-order valence-electron chi connectivity index (χ1n) is 6.09. The van der Waals surface area contributed by atoms with Gasteiger partial charge < -0.3 is 5.32 Å². The molecule has 1 atom stereocenters. The number of rotatable bonds is 8. The third kappa shape index (κ3) is 5.61. The van der Waals surface area contributed by atoms with E-state index in [1.165, 1.54) is 19.4 Å². The zero-order valence-corrected chi connectivity index (χ0v) is 10.6. The smallest absolute Gasteiger partial charge is 0.00699 e. The van der Waals surface area contributed by atoms with Crippen LogP contribution in [-0.4, -0.2) is 36.6 Å². The summed E-state index contributed by atoms with van der Waals surface area (Å²) in [6.45, 7) is 14.7. The molecule has 0 aliphatic heterocycles. The average Bonchev–Trinajstić information content (AvgIpc) is 2.13. The largest absolute Gasteiger partial charge is 0.317 e. The molecule has 2 nitrogen and oxygen atoms in total. The molecule has 0 saturated heterocycles. The van der Waals surface area contributed by atoms with E-state index in [0.717, 1.165) is 19.1 Å². The molecule has 86 valence electrons. The van der Waals surface area contributed by atoms with Crippen molar-refractivity contribution in [2.45, 2.75) is 59.5 Å². The van der Waals surface area contributed by atoms with Gasteiger partial charge >= 0.3 is 0 Å². The van der Waals surface area contributed by atoms with Gasteiger partial charge in [-0.25, -0.2) is 0 Å². The van der Waals surface area contributed by atoms with Crippen LogP contribution < -0.4 is 5.32 Å². The van der Waals surface area contributed by atoms with Crippen LogP contribution in [0.5, 0.6) is 0 Å². The Bertz CT molecular complexity index is 123. The SMILES string of the molecule is CCNCCCC(C)N(CC)C(C)C. The monoisotopic (exact) mass is 200 g/mol. The second-order valence-corrected chi connectivity index (χ2v) is 4.27. The topological polar surface area (TPSA) is 15.3 Å². The summed E-state index contributed by atoms with van der Waals surface area (Å²) in [7, 11) is 0. The highest BCUT2D eigenvalue weighted by Crippen LogP contribution is 2.09. The van der Waals surface area contributed by atoms with E-state index >= 15 is 0 Å². The standard InChI is InChI=1S/C12H28N2/c1-6-13-10-8-9-12(5)14(7-2)11(3)4/h11-13H,6-10H2,1-5H3. The average molecular weight is 200 g/mol. The number of nitrogens with one attached hydrogen (secondary N) is 1. The van der Waals surface area contributed by atoms with Gasteiger partial charge in [0.15, 0.2) is 0 Å². The summed E-state index contributed by atoms with van der Waals surface area (Å²) in [4.78, 5) is 2.56. The van der Waals surface area contributed by atoms with Crippen molar-refractivity contribution in [1.82, 2.24) is 10.2 Å². The van der Waals surface area contributed by atoms with Crippen molar-refractivity contribution in [2.75, 3.05) is 19.6 Å². The Balaban J connectivity index is 3.64. The highest BCUT2D eigenvalue weighted by Gasteiger charge is 2.13. The maximum atomic E-state index is 3.37. The van der Waals surface area contributed by atoms with Crippen LogP contribution in [-0.2, 0) is 0 Å². The van der Waals surface area contributed by atoms with Crippen LogP contribution in [0.3, 0.4) is 0 Å². The fraction of sp³-hybridized carbons (Fsp3) is 1.00. The maximum absolute atomic E-state index is 3.37. The third-order valence-electron chi connectivity index (χ3n) is 2.82. The molecular formula is C12H28N2. The molecule has 0 radical (unpaired) electrons. The summed E-state index contributed by atoms with van der Waals surface area (Å²) >= 11 is 0. The molecule has 0 spiro atoms. The Labute approximate surface area is 90.1 Å². The molecule has 0 aromatic rings. The molecule has 0 fully saturated rings. The Hall–Kier alpha value is -0.0800. The first kappa shape index (κ1) is 13.9. The van der Waals surface area contributed by atoms with E-state index in [-0.39, 0.29) is 0 Å². The minimum Gasteiger partial charge on any atom is -0.317 e. The molecule has 0 heterocycles. The zero-order chi connectivity index (χ0) is 11.0. The van der Waals surface area contributed by atoms with Gasteiger partial charge in [0.05, 0.1) is 0 Å². The molecule has 0 aromatic carbocycles. The van der Waals surface area contributed by atoms with Crippen molar-refractivity contribution in [3.8, 4) is 0 Å². The zero-order valence-electron chi connectivity index (χ0n) is 10.6. The number of hydrogen-bond donors (Lipinski definition) is 1. The van der Waals surface area contributed by atoms with Crippen LogP contribution >= 0.6 is 0 Å². The molecule has 0 saturated carbocycles. The highest BCUT2D eigenvalue weighted by atomic mass is 15.2. The van der Waals surface area contributed by atoms with Gasteiger partial charge in [-0.3, -0.25) is 4.90 Å². The summed E-state index contributed by atoms with van der Waals surface area (Å²) in [5.41, 5.74) is 0. The fourth-order valence-electron chi connectivity index (χ4n) is 2.05. The minimum absolute atomic E-state index is 0.675. The molecule has 0 amide bonds. The molecule has 14 heavy (non-hydrogen) atoms. The van der Waals surface area contributed by atoms with E-state index in [0.29, 0.717) is 6.04 Å². The minimum atomic E-state index is 0.675. The second kappa shape index (κ2) is 8.25. The van der Waals surface area contributed by atoms with Gasteiger partial charge in [-0.1, -0.05) is 13.8 Å². The van der Waals surface area contributed by atoms with Crippen LogP contribution in [0.1, 0.15) is 47.5 Å². The van der Waals surface area contributed by atoms with Crippen molar-refractivity contribution >= 4 is 0 Å².